The molecule has 2 atom stereocenters. The van der Waals surface area contributed by atoms with Crippen LogP contribution in [-0.4, -0.2) is 114 Å². The zero-order valence-electron chi connectivity index (χ0n) is 31.1. The molecular formula is C40H47N7O6S. The third kappa shape index (κ3) is 5.94. The highest BCUT2D eigenvalue weighted by molar-refractivity contribution is 7.87. The monoisotopic (exact) mass is 753 g/mol. The first-order chi connectivity index (χ1) is 26.1. The summed E-state index contributed by atoms with van der Waals surface area (Å²) in [6.07, 6.45) is 10.6. The summed E-state index contributed by atoms with van der Waals surface area (Å²) in [6, 6.07) is 12.5. The van der Waals surface area contributed by atoms with Crippen molar-refractivity contribution in [3.63, 3.8) is 0 Å². The maximum Gasteiger partial charge on any atom is 0.304 e. The third-order valence-corrected chi connectivity index (χ3v) is 13.9. The SMILES string of the molecule is COc1ccc2c(c1)C=C(c1c(C(=O)N3CC4CC(C3)N4C)cnn1C)Cn1c-2c(C2CCCCC2)c2ccc(C(=O)NS(=O)(=O)N3CCOCC3)cc21. The van der Waals surface area contributed by atoms with Gasteiger partial charge in [-0.2, -0.15) is 17.8 Å². The summed E-state index contributed by atoms with van der Waals surface area (Å²) in [5, 5.41) is 5.69. The second-order valence-corrected chi connectivity index (χ2v) is 17.1. The molecule has 54 heavy (non-hydrogen) atoms. The molecule has 2 bridgehead atoms. The normalized spacial score (nSPS) is 22.2. The molecule has 6 aliphatic rings. The number of aryl methyl sites for hydroxylation is 1. The first-order valence-corrected chi connectivity index (χ1v) is 20.5. The number of carbonyl (C=O) groups excluding carboxylic acids is 2. The highest BCUT2D eigenvalue weighted by Gasteiger charge is 2.44. The van der Waals surface area contributed by atoms with Gasteiger partial charge in [-0.3, -0.25) is 19.2 Å². The first-order valence-electron chi connectivity index (χ1n) is 19.1. The summed E-state index contributed by atoms with van der Waals surface area (Å²) >= 11 is 0. The largest absolute Gasteiger partial charge is 0.497 e. The van der Waals surface area contributed by atoms with Gasteiger partial charge in [0.05, 0.1) is 50.0 Å². The minimum atomic E-state index is -4.06. The molecule has 5 fully saturated rings. The summed E-state index contributed by atoms with van der Waals surface area (Å²) in [7, 11) is 1.62. The topological polar surface area (TPSA) is 131 Å². The molecule has 2 aromatic heterocycles. The molecule has 1 aliphatic carbocycles. The van der Waals surface area contributed by atoms with Crippen molar-refractivity contribution in [3.8, 4) is 17.0 Å². The minimum absolute atomic E-state index is 0.0159. The van der Waals surface area contributed by atoms with Crippen LogP contribution < -0.4 is 9.46 Å². The number of nitrogens with one attached hydrogen (secondary N) is 1. The minimum Gasteiger partial charge on any atom is -0.497 e. The Kier molecular flexibility index (Phi) is 8.91. The summed E-state index contributed by atoms with van der Waals surface area (Å²) in [5.41, 5.74) is 7.65. The van der Waals surface area contributed by atoms with Gasteiger partial charge in [-0.15, -0.1) is 0 Å². The molecular weight excluding hydrogens is 707 g/mol. The number of fused-ring (bicyclic) bond motifs is 7. The van der Waals surface area contributed by atoms with Gasteiger partial charge < -0.3 is 18.9 Å². The van der Waals surface area contributed by atoms with Gasteiger partial charge in [-0.1, -0.05) is 25.3 Å². The molecule has 2 unspecified atom stereocenters. The smallest absolute Gasteiger partial charge is 0.304 e. The van der Waals surface area contributed by atoms with Crippen molar-refractivity contribution in [2.45, 2.75) is 63.1 Å². The molecule has 10 rings (SSSR count). The van der Waals surface area contributed by atoms with Crippen molar-refractivity contribution in [2.24, 2.45) is 7.05 Å². The van der Waals surface area contributed by atoms with Crippen LogP contribution in [0.4, 0.5) is 0 Å². The number of hydrogen-bond acceptors (Lipinski definition) is 8. The lowest BCUT2D eigenvalue weighted by molar-refractivity contribution is -0.0404. The lowest BCUT2D eigenvalue weighted by Crippen LogP contribution is -2.67. The van der Waals surface area contributed by atoms with Gasteiger partial charge in [0, 0.05) is 67.3 Å². The van der Waals surface area contributed by atoms with Gasteiger partial charge in [0.15, 0.2) is 0 Å². The van der Waals surface area contributed by atoms with Gasteiger partial charge in [0.2, 0.25) is 0 Å². The lowest BCUT2D eigenvalue weighted by Gasteiger charge is -2.54. The van der Waals surface area contributed by atoms with Crippen LogP contribution in [0.5, 0.6) is 5.75 Å². The van der Waals surface area contributed by atoms with Crippen molar-refractivity contribution < 1.29 is 27.5 Å². The van der Waals surface area contributed by atoms with Gasteiger partial charge in [-0.25, -0.2) is 4.72 Å². The number of morpholine rings is 1. The summed E-state index contributed by atoms with van der Waals surface area (Å²) < 4.78 is 45.1. The number of piperidine rings is 1. The maximum atomic E-state index is 14.3. The van der Waals surface area contributed by atoms with Crippen LogP contribution >= 0.6 is 0 Å². The van der Waals surface area contributed by atoms with Crippen molar-refractivity contribution >= 4 is 44.6 Å². The molecule has 14 heteroatoms. The van der Waals surface area contributed by atoms with Crippen molar-refractivity contribution in [1.29, 1.82) is 0 Å². The Balaban J connectivity index is 1.18. The quantitative estimate of drug-likeness (QED) is 0.293. The molecule has 4 saturated heterocycles. The number of benzene rings is 2. The van der Waals surface area contributed by atoms with Crippen molar-refractivity contribution in [1.82, 2.24) is 33.2 Å². The maximum absolute atomic E-state index is 14.3. The zero-order chi connectivity index (χ0) is 37.3. The van der Waals surface area contributed by atoms with Crippen LogP contribution in [0.3, 0.4) is 0 Å². The molecule has 4 aromatic rings. The van der Waals surface area contributed by atoms with Crippen LogP contribution in [0.25, 0.3) is 33.8 Å². The van der Waals surface area contributed by atoms with E-state index >= 15 is 0 Å². The molecule has 0 radical (unpaired) electrons. The van der Waals surface area contributed by atoms with E-state index in [9.17, 15) is 18.0 Å². The second kappa shape index (κ2) is 13.7. The molecule has 1 N–H and O–H groups in total. The number of amides is 2. The molecule has 7 heterocycles. The standard InChI is InChI=1S/C40H47N7O6S/c1-43-29-20-30(43)24-45(23-29)40(49)34-21-41-44(2)37(34)28-17-27-18-31(52-3)10-12-32(27)38-36(25-7-5-4-6-8-25)33-11-9-26(19-35(33)47(38)22-28)39(48)42-54(50,51)46-13-15-53-16-14-46/h9-12,17-19,21,25,29-30H,4-8,13-16,20,22-24H2,1-3H3,(H,42,48). The summed E-state index contributed by atoms with van der Waals surface area (Å²) in [5.74, 6) is 0.342. The van der Waals surface area contributed by atoms with Crippen LogP contribution in [0.1, 0.15) is 82.0 Å². The fourth-order valence-electron chi connectivity index (χ4n) is 9.46. The van der Waals surface area contributed by atoms with Crippen LogP contribution in [-0.2, 0) is 28.5 Å². The Labute approximate surface area is 315 Å². The zero-order valence-corrected chi connectivity index (χ0v) is 31.9. The predicted molar refractivity (Wildman–Crippen MR) is 205 cm³/mol. The molecule has 5 aliphatic heterocycles. The number of hydrogen-bond donors (Lipinski definition) is 1. The van der Waals surface area contributed by atoms with Crippen LogP contribution in [0, 0.1) is 0 Å². The van der Waals surface area contributed by atoms with E-state index < -0.39 is 16.1 Å². The molecule has 2 amide bonds. The van der Waals surface area contributed by atoms with E-state index in [4.69, 9.17) is 9.47 Å². The van der Waals surface area contributed by atoms with Crippen LogP contribution in [0.15, 0.2) is 42.6 Å². The number of rotatable bonds is 7. The van der Waals surface area contributed by atoms with E-state index in [1.165, 1.54) is 16.3 Å². The number of likely N-dealkylation sites (N-methyl/N-ethyl adjacent to an activating group) is 1. The number of piperazine rings is 1. The average molecular weight is 754 g/mol. The summed E-state index contributed by atoms with van der Waals surface area (Å²) in [6.45, 7) is 2.74. The Morgan fingerprint density at radius 2 is 1.72 bits per heavy atom. The molecule has 2 aromatic carbocycles. The fraction of sp³-hybridized carbons (Fsp3) is 0.475. The third-order valence-electron chi connectivity index (χ3n) is 12.4. The van der Waals surface area contributed by atoms with E-state index in [1.54, 1.807) is 24.1 Å². The van der Waals surface area contributed by atoms with Gasteiger partial charge >= 0.3 is 10.2 Å². The molecule has 1 saturated carbocycles. The fourth-order valence-corrected chi connectivity index (χ4v) is 10.6. The van der Waals surface area contributed by atoms with Gasteiger partial charge in [-0.05, 0) is 85.3 Å². The Morgan fingerprint density at radius 1 is 0.963 bits per heavy atom. The van der Waals surface area contributed by atoms with E-state index in [2.05, 4.69) is 44.5 Å². The number of aromatic nitrogens is 3. The van der Waals surface area contributed by atoms with Crippen LogP contribution in [0.2, 0.25) is 0 Å². The predicted octanol–water partition coefficient (Wildman–Crippen LogP) is 4.49. The van der Waals surface area contributed by atoms with Crippen molar-refractivity contribution in [2.75, 3.05) is 53.6 Å². The Morgan fingerprint density at radius 3 is 2.44 bits per heavy atom. The van der Waals surface area contributed by atoms with E-state index in [-0.39, 0.29) is 37.8 Å². The summed E-state index contributed by atoms with van der Waals surface area (Å²) in [4.78, 5) is 32.4. The average Bonchev–Trinajstić information content (AvgIpc) is 3.68. The molecule has 13 nitrogen and oxygen atoms in total. The Hall–Kier alpha value is -4.50. The number of ether oxygens (including phenoxy) is 2. The Bertz CT molecular complexity index is 2290. The molecule has 0 spiro atoms. The number of allylic oxidation sites excluding steroid dienone is 1. The number of methoxy groups -OCH3 is 1. The molecule has 284 valence electrons. The highest BCUT2D eigenvalue weighted by Crippen LogP contribution is 2.48. The van der Waals surface area contributed by atoms with Gasteiger partial charge in [0.1, 0.15) is 5.75 Å². The van der Waals surface area contributed by atoms with Crippen molar-refractivity contribution in [3.05, 3.63) is 70.5 Å². The highest BCUT2D eigenvalue weighted by atomic mass is 32.2. The number of carbonyl (C=O) groups is 2. The first kappa shape index (κ1) is 35.2. The van der Waals surface area contributed by atoms with Gasteiger partial charge in [0.25, 0.3) is 11.8 Å². The van der Waals surface area contributed by atoms with E-state index in [0.717, 1.165) is 76.8 Å². The lowest BCUT2D eigenvalue weighted by atomic mass is 9.81. The number of nitrogens with zero attached hydrogens (tertiary/aromatic N) is 6. The van der Waals surface area contributed by atoms with E-state index in [0.29, 0.717) is 43.2 Å². The second-order valence-electron chi connectivity index (χ2n) is 15.4. The van der Waals surface area contributed by atoms with E-state index in [1.807, 2.05) is 30.1 Å².